The Balaban J connectivity index is 2.14. The minimum Gasteiger partial charge on any atom is -0.388 e. The van der Waals surface area contributed by atoms with Crippen LogP contribution in [0.2, 0.25) is 0 Å². The minimum atomic E-state index is -0.393. The molecule has 3 heteroatoms. The molecule has 1 atom stereocenters. The van der Waals surface area contributed by atoms with Crippen LogP contribution in [0.25, 0.3) is 0 Å². The Morgan fingerprint density at radius 2 is 2.11 bits per heavy atom. The van der Waals surface area contributed by atoms with Gasteiger partial charge in [0, 0.05) is 18.6 Å². The molecule has 96 valence electrons. The molecule has 0 radical (unpaired) electrons. The summed E-state index contributed by atoms with van der Waals surface area (Å²) in [5.41, 5.74) is 3.23. The van der Waals surface area contributed by atoms with E-state index in [9.17, 15) is 5.11 Å². The van der Waals surface area contributed by atoms with E-state index < -0.39 is 6.10 Å². The molecule has 0 aliphatic heterocycles. The second-order valence-corrected chi connectivity index (χ2v) is 5.07. The summed E-state index contributed by atoms with van der Waals surface area (Å²) >= 11 is 0. The SMILES string of the molecule is Cc1cccnc1Cn1ccc(C(O)C(C)C)c1. The Kier molecular flexibility index (Phi) is 3.82. The Morgan fingerprint density at radius 1 is 1.33 bits per heavy atom. The van der Waals surface area contributed by atoms with Crippen LogP contribution in [-0.2, 0) is 6.54 Å². The number of nitrogens with zero attached hydrogens (tertiary/aromatic N) is 2. The Hall–Kier alpha value is -1.61. The molecule has 2 aromatic rings. The minimum absolute atomic E-state index is 0.234. The fourth-order valence-electron chi connectivity index (χ4n) is 1.97. The Morgan fingerprint density at radius 3 is 2.78 bits per heavy atom. The van der Waals surface area contributed by atoms with Gasteiger partial charge in [-0.2, -0.15) is 0 Å². The van der Waals surface area contributed by atoms with Crippen molar-refractivity contribution >= 4 is 0 Å². The van der Waals surface area contributed by atoms with Crippen LogP contribution in [0, 0.1) is 12.8 Å². The van der Waals surface area contributed by atoms with Crippen LogP contribution in [0.1, 0.15) is 36.8 Å². The van der Waals surface area contributed by atoms with Gasteiger partial charge < -0.3 is 9.67 Å². The molecule has 2 aromatic heterocycles. The summed E-state index contributed by atoms with van der Waals surface area (Å²) in [5.74, 6) is 0.234. The third-order valence-electron chi connectivity index (χ3n) is 3.20. The van der Waals surface area contributed by atoms with E-state index in [1.807, 2.05) is 44.6 Å². The Labute approximate surface area is 108 Å². The van der Waals surface area contributed by atoms with Gasteiger partial charge in [0.15, 0.2) is 0 Å². The molecule has 0 aliphatic carbocycles. The topological polar surface area (TPSA) is 38.0 Å². The number of hydrogen-bond donors (Lipinski definition) is 1. The summed E-state index contributed by atoms with van der Waals surface area (Å²) in [6, 6.07) is 5.99. The van der Waals surface area contributed by atoms with Gasteiger partial charge in [-0.3, -0.25) is 4.98 Å². The van der Waals surface area contributed by atoms with Crippen LogP contribution in [0.3, 0.4) is 0 Å². The van der Waals surface area contributed by atoms with Crippen LogP contribution in [0.4, 0.5) is 0 Å². The highest BCUT2D eigenvalue weighted by Gasteiger charge is 2.13. The summed E-state index contributed by atoms with van der Waals surface area (Å²) in [5, 5.41) is 10.0. The van der Waals surface area contributed by atoms with Gasteiger partial charge in [0.25, 0.3) is 0 Å². The largest absolute Gasteiger partial charge is 0.388 e. The second-order valence-electron chi connectivity index (χ2n) is 5.07. The van der Waals surface area contributed by atoms with Crippen molar-refractivity contribution in [1.82, 2.24) is 9.55 Å². The molecule has 0 saturated carbocycles. The van der Waals surface area contributed by atoms with Crippen molar-refractivity contribution in [2.75, 3.05) is 0 Å². The first-order chi connectivity index (χ1) is 8.58. The maximum absolute atomic E-state index is 10.0. The molecule has 0 spiro atoms. The van der Waals surface area contributed by atoms with Gasteiger partial charge in [0.2, 0.25) is 0 Å². The number of aliphatic hydroxyl groups is 1. The molecule has 2 rings (SSSR count). The standard InChI is InChI=1S/C15H20N2O/c1-11(2)15(18)13-6-8-17(9-13)10-14-12(3)5-4-7-16-14/h4-9,11,15,18H,10H2,1-3H3. The van der Waals surface area contributed by atoms with E-state index >= 15 is 0 Å². The van der Waals surface area contributed by atoms with E-state index in [4.69, 9.17) is 0 Å². The van der Waals surface area contributed by atoms with Crippen molar-refractivity contribution in [3.05, 3.63) is 53.6 Å². The van der Waals surface area contributed by atoms with Gasteiger partial charge in [0.05, 0.1) is 18.3 Å². The zero-order valence-corrected chi connectivity index (χ0v) is 11.2. The van der Waals surface area contributed by atoms with Gasteiger partial charge in [-0.05, 0) is 36.1 Å². The van der Waals surface area contributed by atoms with E-state index in [2.05, 4.69) is 22.5 Å². The molecule has 0 amide bonds. The van der Waals surface area contributed by atoms with E-state index in [-0.39, 0.29) is 5.92 Å². The highest BCUT2D eigenvalue weighted by atomic mass is 16.3. The van der Waals surface area contributed by atoms with Crippen LogP contribution >= 0.6 is 0 Å². The molecular formula is C15H20N2O. The maximum Gasteiger partial charge on any atom is 0.0827 e. The lowest BCUT2D eigenvalue weighted by Crippen LogP contribution is -2.05. The maximum atomic E-state index is 10.0. The van der Waals surface area contributed by atoms with Gasteiger partial charge >= 0.3 is 0 Å². The average Bonchev–Trinajstić information content (AvgIpc) is 2.79. The lowest BCUT2D eigenvalue weighted by Gasteiger charge is -2.12. The molecule has 0 aliphatic rings. The van der Waals surface area contributed by atoms with Crippen molar-refractivity contribution in [2.24, 2.45) is 5.92 Å². The second kappa shape index (κ2) is 5.36. The lowest BCUT2D eigenvalue weighted by atomic mass is 10.0. The van der Waals surface area contributed by atoms with E-state index in [0.29, 0.717) is 0 Å². The average molecular weight is 244 g/mol. The normalized spacial score (nSPS) is 12.9. The zero-order valence-electron chi connectivity index (χ0n) is 11.2. The predicted molar refractivity (Wildman–Crippen MR) is 72.3 cm³/mol. The monoisotopic (exact) mass is 244 g/mol. The molecule has 1 N–H and O–H groups in total. The third kappa shape index (κ3) is 2.79. The van der Waals surface area contributed by atoms with Gasteiger partial charge in [0.1, 0.15) is 0 Å². The molecule has 3 nitrogen and oxygen atoms in total. The number of pyridine rings is 1. The summed E-state index contributed by atoms with van der Waals surface area (Å²) in [4.78, 5) is 4.38. The van der Waals surface area contributed by atoms with Crippen molar-refractivity contribution < 1.29 is 5.11 Å². The predicted octanol–water partition coefficient (Wildman–Crippen LogP) is 2.93. The summed E-state index contributed by atoms with van der Waals surface area (Å²) in [7, 11) is 0. The quantitative estimate of drug-likeness (QED) is 0.898. The fourth-order valence-corrected chi connectivity index (χ4v) is 1.97. The van der Waals surface area contributed by atoms with Gasteiger partial charge in [-0.1, -0.05) is 19.9 Å². The lowest BCUT2D eigenvalue weighted by molar-refractivity contribution is 0.127. The van der Waals surface area contributed by atoms with E-state index in [1.54, 1.807) is 0 Å². The van der Waals surface area contributed by atoms with Gasteiger partial charge in [-0.15, -0.1) is 0 Å². The zero-order chi connectivity index (χ0) is 13.1. The number of aliphatic hydroxyl groups excluding tert-OH is 1. The highest BCUT2D eigenvalue weighted by molar-refractivity contribution is 5.20. The van der Waals surface area contributed by atoms with E-state index in [1.165, 1.54) is 5.56 Å². The number of rotatable bonds is 4. The van der Waals surface area contributed by atoms with Crippen LogP contribution in [-0.4, -0.2) is 14.7 Å². The third-order valence-corrected chi connectivity index (χ3v) is 3.20. The molecule has 0 fully saturated rings. The molecule has 0 bridgehead atoms. The first-order valence-electron chi connectivity index (χ1n) is 6.32. The fraction of sp³-hybridized carbons (Fsp3) is 0.400. The molecule has 0 aromatic carbocycles. The molecule has 18 heavy (non-hydrogen) atoms. The van der Waals surface area contributed by atoms with Crippen molar-refractivity contribution in [3.8, 4) is 0 Å². The summed E-state index contributed by atoms with van der Waals surface area (Å²) in [6.45, 7) is 6.85. The smallest absolute Gasteiger partial charge is 0.0827 e. The summed E-state index contributed by atoms with van der Waals surface area (Å²) in [6.07, 6.45) is 5.42. The van der Waals surface area contributed by atoms with Crippen molar-refractivity contribution in [2.45, 2.75) is 33.4 Å². The van der Waals surface area contributed by atoms with Crippen LogP contribution in [0.5, 0.6) is 0 Å². The number of hydrogen-bond acceptors (Lipinski definition) is 2. The van der Waals surface area contributed by atoms with Gasteiger partial charge in [-0.25, -0.2) is 0 Å². The first-order valence-corrected chi connectivity index (χ1v) is 6.32. The molecule has 0 saturated heterocycles. The molecule has 1 unspecified atom stereocenters. The summed E-state index contributed by atoms with van der Waals surface area (Å²) < 4.78 is 2.07. The van der Waals surface area contributed by atoms with Crippen LogP contribution in [0.15, 0.2) is 36.8 Å². The first kappa shape index (κ1) is 12.8. The number of aromatic nitrogens is 2. The van der Waals surface area contributed by atoms with Crippen molar-refractivity contribution in [3.63, 3.8) is 0 Å². The van der Waals surface area contributed by atoms with E-state index in [0.717, 1.165) is 17.8 Å². The molecule has 2 heterocycles. The highest BCUT2D eigenvalue weighted by Crippen LogP contribution is 2.21. The Bertz CT molecular complexity index is 517. The molecular weight excluding hydrogens is 224 g/mol. The number of aryl methyl sites for hydroxylation is 1. The van der Waals surface area contributed by atoms with Crippen molar-refractivity contribution in [1.29, 1.82) is 0 Å². The van der Waals surface area contributed by atoms with Crippen LogP contribution < -0.4 is 0 Å².